The van der Waals surface area contributed by atoms with Crippen molar-refractivity contribution in [2.24, 2.45) is 5.92 Å². The number of piperazine rings is 1. The molecule has 1 N–H and O–H groups in total. The predicted molar refractivity (Wildman–Crippen MR) is 79.6 cm³/mol. The van der Waals surface area contributed by atoms with Gasteiger partial charge >= 0.3 is 0 Å². The van der Waals surface area contributed by atoms with E-state index in [9.17, 15) is 10.1 Å². The fraction of sp³-hybridized carbons (Fsp3) is 0.867. The van der Waals surface area contributed by atoms with Crippen molar-refractivity contribution < 1.29 is 9.53 Å². The summed E-state index contributed by atoms with van der Waals surface area (Å²) in [5, 5.41) is 12.2. The maximum Gasteiger partial charge on any atom is 0.235 e. The lowest BCUT2D eigenvalue weighted by molar-refractivity contribution is -0.124. The number of nitrogens with one attached hydrogen (secondary N) is 1. The number of hydrogen-bond donors (Lipinski definition) is 1. The molecule has 2 rings (SSSR count). The van der Waals surface area contributed by atoms with Crippen LogP contribution in [0.2, 0.25) is 0 Å². The highest BCUT2D eigenvalue weighted by atomic mass is 16.5. The van der Waals surface area contributed by atoms with Crippen molar-refractivity contribution in [1.29, 1.82) is 5.26 Å². The molecule has 1 aliphatic heterocycles. The van der Waals surface area contributed by atoms with Crippen LogP contribution in [0.15, 0.2) is 0 Å². The van der Waals surface area contributed by atoms with Gasteiger partial charge in [-0.15, -0.1) is 0 Å². The first-order valence-corrected chi connectivity index (χ1v) is 7.73. The van der Waals surface area contributed by atoms with E-state index in [1.807, 2.05) is 6.92 Å². The third kappa shape index (κ3) is 4.67. The van der Waals surface area contributed by atoms with E-state index in [1.54, 1.807) is 7.11 Å². The lowest BCUT2D eigenvalue weighted by Crippen LogP contribution is -2.53. The number of hydrogen-bond acceptors (Lipinski definition) is 5. The zero-order valence-electron chi connectivity index (χ0n) is 13.1. The minimum atomic E-state index is -0.683. The third-order valence-corrected chi connectivity index (χ3v) is 4.47. The number of rotatable bonds is 7. The summed E-state index contributed by atoms with van der Waals surface area (Å²) >= 11 is 0. The van der Waals surface area contributed by atoms with Crippen LogP contribution in [-0.4, -0.2) is 74.2 Å². The highest BCUT2D eigenvalue weighted by Gasteiger charge is 2.43. The molecular formula is C15H26N4O2. The lowest BCUT2D eigenvalue weighted by atomic mass is 9.98. The third-order valence-electron chi connectivity index (χ3n) is 4.47. The molecule has 1 saturated carbocycles. The van der Waals surface area contributed by atoms with Gasteiger partial charge in [-0.3, -0.25) is 14.6 Å². The summed E-state index contributed by atoms with van der Waals surface area (Å²) in [7, 11) is 1.71. The van der Waals surface area contributed by atoms with Crippen molar-refractivity contribution in [2.75, 3.05) is 53.0 Å². The smallest absolute Gasteiger partial charge is 0.235 e. The van der Waals surface area contributed by atoms with Crippen LogP contribution in [-0.2, 0) is 9.53 Å². The van der Waals surface area contributed by atoms with E-state index < -0.39 is 5.54 Å². The number of nitriles is 1. The molecular weight excluding hydrogens is 268 g/mol. The highest BCUT2D eigenvalue weighted by molar-refractivity contribution is 5.79. The van der Waals surface area contributed by atoms with Crippen LogP contribution in [0.4, 0.5) is 0 Å². The second kappa shape index (κ2) is 7.21. The van der Waals surface area contributed by atoms with E-state index >= 15 is 0 Å². The molecule has 1 atom stereocenters. The standard InChI is InChI=1S/C15H26N4O2/c1-15(12-16,13-3-4-13)17-14(20)11-19-7-5-18(6-8-19)9-10-21-2/h13H,3-11H2,1-2H3,(H,17,20)/t15-/m1/s1. The number of carbonyl (C=O) groups is 1. The van der Waals surface area contributed by atoms with Crippen LogP contribution in [0, 0.1) is 17.2 Å². The van der Waals surface area contributed by atoms with Gasteiger partial charge in [-0.25, -0.2) is 0 Å². The molecule has 0 aromatic heterocycles. The summed E-state index contributed by atoms with van der Waals surface area (Å²) in [6.45, 7) is 7.65. The van der Waals surface area contributed by atoms with Crippen LogP contribution in [0.5, 0.6) is 0 Å². The Labute approximate surface area is 127 Å². The first kappa shape index (κ1) is 16.2. The average molecular weight is 294 g/mol. The molecule has 0 radical (unpaired) electrons. The number of methoxy groups -OCH3 is 1. The molecule has 118 valence electrons. The van der Waals surface area contributed by atoms with Crippen molar-refractivity contribution in [3.05, 3.63) is 0 Å². The van der Waals surface area contributed by atoms with Crippen molar-refractivity contribution in [3.8, 4) is 6.07 Å². The summed E-state index contributed by atoms with van der Waals surface area (Å²) in [5.74, 6) is 0.300. The Bertz CT molecular complexity index is 397. The fourth-order valence-corrected chi connectivity index (χ4v) is 2.81. The molecule has 6 heteroatoms. The summed E-state index contributed by atoms with van der Waals surface area (Å²) in [6.07, 6.45) is 2.09. The SMILES string of the molecule is COCCN1CCN(CC(=O)N[C@](C)(C#N)C2CC2)CC1. The number of nitrogens with zero attached hydrogens (tertiary/aromatic N) is 3. The molecule has 1 heterocycles. The maximum absolute atomic E-state index is 12.1. The van der Waals surface area contributed by atoms with Gasteiger partial charge in [-0.1, -0.05) is 0 Å². The summed E-state index contributed by atoms with van der Waals surface area (Å²) in [4.78, 5) is 16.6. The maximum atomic E-state index is 12.1. The van der Waals surface area contributed by atoms with Crippen LogP contribution >= 0.6 is 0 Å². The second-order valence-electron chi connectivity index (χ2n) is 6.25. The highest BCUT2D eigenvalue weighted by Crippen LogP contribution is 2.39. The van der Waals surface area contributed by atoms with E-state index in [0.717, 1.165) is 52.2 Å². The van der Waals surface area contributed by atoms with Gasteiger partial charge in [0, 0.05) is 39.8 Å². The minimum absolute atomic E-state index is 0.0312. The van der Waals surface area contributed by atoms with Crippen molar-refractivity contribution in [2.45, 2.75) is 25.3 Å². The molecule has 2 aliphatic rings. The van der Waals surface area contributed by atoms with E-state index in [1.165, 1.54) is 0 Å². The van der Waals surface area contributed by atoms with E-state index in [0.29, 0.717) is 12.5 Å². The molecule has 0 unspecified atom stereocenters. The normalized spacial score (nSPS) is 23.3. The first-order valence-electron chi connectivity index (χ1n) is 7.73. The quantitative estimate of drug-likeness (QED) is 0.719. The number of ether oxygens (including phenoxy) is 1. The number of amides is 1. The lowest BCUT2D eigenvalue weighted by Gasteiger charge is -2.34. The van der Waals surface area contributed by atoms with Crippen LogP contribution in [0.1, 0.15) is 19.8 Å². The monoisotopic (exact) mass is 294 g/mol. The van der Waals surface area contributed by atoms with Gasteiger partial charge in [0.2, 0.25) is 5.91 Å². The second-order valence-corrected chi connectivity index (χ2v) is 6.25. The van der Waals surface area contributed by atoms with Gasteiger partial charge in [0.1, 0.15) is 5.54 Å². The molecule has 2 fully saturated rings. The molecule has 21 heavy (non-hydrogen) atoms. The summed E-state index contributed by atoms with van der Waals surface area (Å²) in [6, 6.07) is 2.27. The van der Waals surface area contributed by atoms with Gasteiger partial charge in [0.15, 0.2) is 0 Å². The Morgan fingerprint density at radius 2 is 1.95 bits per heavy atom. The Hall–Kier alpha value is -1.16. The fourth-order valence-electron chi connectivity index (χ4n) is 2.81. The molecule has 0 aromatic rings. The predicted octanol–water partition coefficient (Wildman–Crippen LogP) is 0.0589. The van der Waals surface area contributed by atoms with E-state index in [-0.39, 0.29) is 5.91 Å². The van der Waals surface area contributed by atoms with Crippen LogP contribution < -0.4 is 5.32 Å². The Balaban J connectivity index is 1.71. The molecule has 0 bridgehead atoms. The van der Waals surface area contributed by atoms with Gasteiger partial charge < -0.3 is 10.1 Å². The van der Waals surface area contributed by atoms with Crippen molar-refractivity contribution >= 4 is 5.91 Å². The largest absolute Gasteiger partial charge is 0.383 e. The molecule has 1 amide bonds. The van der Waals surface area contributed by atoms with Crippen molar-refractivity contribution in [1.82, 2.24) is 15.1 Å². The molecule has 1 aliphatic carbocycles. The molecule has 0 aromatic carbocycles. The number of carbonyl (C=O) groups excluding carboxylic acids is 1. The van der Waals surface area contributed by atoms with Crippen LogP contribution in [0.25, 0.3) is 0 Å². The molecule has 1 saturated heterocycles. The molecule has 0 spiro atoms. The average Bonchev–Trinajstić information content (AvgIpc) is 3.31. The topological polar surface area (TPSA) is 68.6 Å². The Morgan fingerprint density at radius 3 is 2.48 bits per heavy atom. The summed E-state index contributed by atoms with van der Waals surface area (Å²) < 4.78 is 5.08. The first-order chi connectivity index (χ1) is 10.1. The zero-order valence-corrected chi connectivity index (χ0v) is 13.1. The van der Waals surface area contributed by atoms with Crippen molar-refractivity contribution in [3.63, 3.8) is 0 Å². The van der Waals surface area contributed by atoms with Gasteiger partial charge in [0.05, 0.1) is 19.2 Å². The Morgan fingerprint density at radius 1 is 1.33 bits per heavy atom. The minimum Gasteiger partial charge on any atom is -0.383 e. The Kier molecular flexibility index (Phi) is 5.57. The van der Waals surface area contributed by atoms with Gasteiger partial charge in [0.25, 0.3) is 0 Å². The summed E-state index contributed by atoms with van der Waals surface area (Å²) in [5.41, 5.74) is -0.683. The van der Waals surface area contributed by atoms with Gasteiger partial charge in [-0.2, -0.15) is 5.26 Å². The van der Waals surface area contributed by atoms with E-state index in [2.05, 4.69) is 21.2 Å². The van der Waals surface area contributed by atoms with Crippen LogP contribution in [0.3, 0.4) is 0 Å². The molecule has 6 nitrogen and oxygen atoms in total. The van der Waals surface area contributed by atoms with Gasteiger partial charge in [-0.05, 0) is 25.7 Å². The van der Waals surface area contributed by atoms with E-state index in [4.69, 9.17) is 4.74 Å². The zero-order chi connectivity index (χ0) is 15.3.